The molecule has 1 saturated heterocycles. The second-order valence-electron chi connectivity index (χ2n) is 8.52. The second-order valence-corrected chi connectivity index (χ2v) is 8.52. The Kier molecular flexibility index (Phi) is 9.54. The second kappa shape index (κ2) is 12.1. The maximum absolute atomic E-state index is 14.0. The fraction of sp³-hybridized carbons (Fsp3) is 0.370. The zero-order valence-electron chi connectivity index (χ0n) is 20.5. The summed E-state index contributed by atoms with van der Waals surface area (Å²) in [5.41, 5.74) is 3.43. The zero-order valence-corrected chi connectivity index (χ0v) is 20.5. The number of Topliss-reactive ketones (excluding diaryl/α,β-unsaturated/α-hetero) is 1. The van der Waals surface area contributed by atoms with Crippen molar-refractivity contribution < 1.29 is 23.8 Å². The molecule has 34 heavy (non-hydrogen) atoms. The van der Waals surface area contributed by atoms with Crippen LogP contribution in [0.3, 0.4) is 0 Å². The average molecular weight is 469 g/mol. The number of carbonyl (C=O) groups excluding carboxylic acids is 1. The third kappa shape index (κ3) is 7.01. The minimum atomic E-state index is -1.32. The maximum atomic E-state index is 14.0. The lowest BCUT2D eigenvalue weighted by molar-refractivity contribution is -0.115. The summed E-state index contributed by atoms with van der Waals surface area (Å²) in [5.74, 6) is -1.61. The van der Waals surface area contributed by atoms with Gasteiger partial charge in [-0.05, 0) is 82.9 Å². The highest BCUT2D eigenvalue weighted by Crippen LogP contribution is 2.29. The Hall–Kier alpha value is -3.48. The van der Waals surface area contributed by atoms with E-state index < -0.39 is 11.8 Å². The van der Waals surface area contributed by atoms with Gasteiger partial charge in [0, 0.05) is 29.4 Å². The molecule has 1 atom stereocenters. The molecule has 0 spiro atoms. The van der Waals surface area contributed by atoms with Gasteiger partial charge in [-0.3, -0.25) is 0 Å². The molecule has 0 amide bonds. The van der Waals surface area contributed by atoms with Crippen LogP contribution in [-0.2, 0) is 9.53 Å². The number of carbonyl (C=O) groups is 2. The first kappa shape index (κ1) is 26.8. The van der Waals surface area contributed by atoms with E-state index in [0.29, 0.717) is 17.5 Å². The van der Waals surface area contributed by atoms with Crippen LogP contribution in [0.15, 0.2) is 48.0 Å². The number of carboxylic acid groups (broad SMARTS) is 1. The van der Waals surface area contributed by atoms with Crippen molar-refractivity contribution in [3.63, 3.8) is 0 Å². The van der Waals surface area contributed by atoms with Gasteiger partial charge in [0.2, 0.25) is 5.90 Å². The molecule has 2 aromatic carbocycles. The van der Waals surface area contributed by atoms with Gasteiger partial charge in [0.1, 0.15) is 11.6 Å². The number of hydrogen-bond acceptors (Lipinski definition) is 5. The van der Waals surface area contributed by atoms with Crippen LogP contribution >= 0.6 is 0 Å². The Morgan fingerprint density at radius 1 is 1.15 bits per heavy atom. The van der Waals surface area contributed by atoms with E-state index in [4.69, 9.17) is 9.84 Å². The molecule has 0 saturated carbocycles. The third-order valence-electron chi connectivity index (χ3n) is 5.52. The van der Waals surface area contributed by atoms with Crippen LogP contribution in [0.2, 0.25) is 0 Å². The smallest absolute Gasteiger partial charge is 0.338 e. The number of hydrogen-bond donors (Lipinski definition) is 1. The van der Waals surface area contributed by atoms with E-state index in [-0.39, 0.29) is 17.0 Å². The van der Waals surface area contributed by atoms with Crippen molar-refractivity contribution in [1.82, 2.24) is 0 Å². The number of nitrogens with zero attached hydrogens (tertiary/aromatic N) is 2. The quantitative estimate of drug-likeness (QED) is 0.439. The number of piperidine rings is 1. The molecular formula is C27H33FN2O4. The molecule has 1 aliphatic heterocycles. The highest BCUT2D eigenvalue weighted by atomic mass is 19.1. The first-order valence-corrected chi connectivity index (χ1v) is 11.2. The molecule has 1 aliphatic rings. The minimum Gasteiger partial charge on any atom is -0.481 e. The molecule has 3 rings (SSSR count). The van der Waals surface area contributed by atoms with Crippen molar-refractivity contribution in [2.45, 2.75) is 53.0 Å². The number of benzene rings is 2. The summed E-state index contributed by atoms with van der Waals surface area (Å²) in [5, 5.41) is 8.97. The van der Waals surface area contributed by atoms with Gasteiger partial charge in [0.05, 0.1) is 18.4 Å². The largest absolute Gasteiger partial charge is 0.481 e. The molecule has 182 valence electrons. The van der Waals surface area contributed by atoms with Crippen molar-refractivity contribution in [3.8, 4) is 0 Å². The Morgan fingerprint density at radius 3 is 2.32 bits per heavy atom. The number of ketones is 1. The van der Waals surface area contributed by atoms with E-state index >= 15 is 0 Å². The molecule has 7 heteroatoms. The third-order valence-corrected chi connectivity index (χ3v) is 5.52. The van der Waals surface area contributed by atoms with Crippen molar-refractivity contribution in [3.05, 3.63) is 71.0 Å². The number of aryl methyl sites for hydroxylation is 1. The zero-order chi connectivity index (χ0) is 25.4. The van der Waals surface area contributed by atoms with Gasteiger partial charge < -0.3 is 19.5 Å². The van der Waals surface area contributed by atoms with Gasteiger partial charge in [-0.2, -0.15) is 0 Å². The lowest BCUT2D eigenvalue weighted by atomic mass is 10.0. The fourth-order valence-corrected chi connectivity index (χ4v) is 3.85. The first-order valence-electron chi connectivity index (χ1n) is 11.2. The minimum absolute atomic E-state index is 0.167. The highest BCUT2D eigenvalue weighted by molar-refractivity contribution is 5.98. The average Bonchev–Trinajstić information content (AvgIpc) is 2.77. The summed E-state index contributed by atoms with van der Waals surface area (Å²) in [4.78, 5) is 27.3. The Labute approximate surface area is 200 Å². The van der Waals surface area contributed by atoms with Gasteiger partial charge in [-0.15, -0.1) is 0 Å². The number of methoxy groups -OCH3 is 1. The van der Waals surface area contributed by atoms with E-state index in [9.17, 15) is 14.0 Å². The number of carboxylic acids is 1. The van der Waals surface area contributed by atoms with E-state index in [1.165, 1.54) is 58.0 Å². The molecular weight excluding hydrogens is 435 g/mol. The van der Waals surface area contributed by atoms with E-state index in [1.54, 1.807) is 0 Å². The predicted molar refractivity (Wildman–Crippen MR) is 134 cm³/mol. The predicted octanol–water partition coefficient (Wildman–Crippen LogP) is 5.87. The van der Waals surface area contributed by atoms with Gasteiger partial charge in [0.25, 0.3) is 0 Å². The molecule has 0 radical (unpaired) electrons. The molecule has 1 fully saturated rings. The monoisotopic (exact) mass is 468 g/mol. The van der Waals surface area contributed by atoms with E-state index in [0.717, 1.165) is 23.7 Å². The van der Waals surface area contributed by atoms with Crippen LogP contribution in [-0.4, -0.2) is 42.5 Å². The van der Waals surface area contributed by atoms with E-state index in [1.807, 2.05) is 12.1 Å². The summed E-state index contributed by atoms with van der Waals surface area (Å²) in [6.07, 6.45) is 3.67. The molecule has 2 aromatic rings. The van der Waals surface area contributed by atoms with Gasteiger partial charge >= 0.3 is 5.97 Å². The molecule has 0 bridgehead atoms. The van der Waals surface area contributed by atoms with Gasteiger partial charge in [-0.25, -0.2) is 14.2 Å². The Balaban J connectivity index is 0.000000945. The molecule has 1 unspecified atom stereocenters. The number of rotatable bonds is 5. The summed E-state index contributed by atoms with van der Waals surface area (Å²) < 4.78 is 19.5. The number of aromatic carboxylic acids is 1. The van der Waals surface area contributed by atoms with Crippen LogP contribution in [0.4, 0.5) is 10.1 Å². The summed E-state index contributed by atoms with van der Waals surface area (Å²) >= 11 is 0. The molecule has 0 aromatic heterocycles. The molecule has 6 nitrogen and oxygen atoms in total. The van der Waals surface area contributed by atoms with Gasteiger partial charge in [-0.1, -0.05) is 12.6 Å². The van der Waals surface area contributed by atoms with Crippen molar-refractivity contribution >= 4 is 29.0 Å². The van der Waals surface area contributed by atoms with Crippen LogP contribution in [0.1, 0.15) is 67.1 Å². The highest BCUT2D eigenvalue weighted by Gasteiger charge is 2.20. The SMILES string of the molecule is C=C(N=C(OC)c1ccc(N2CCCCC2C)c(C)c1)c1ccc(C(=O)O)c(F)c1.CC(C)=O. The first-order chi connectivity index (χ1) is 16.0. The van der Waals surface area contributed by atoms with Crippen LogP contribution < -0.4 is 4.90 Å². The fourth-order valence-electron chi connectivity index (χ4n) is 3.85. The lowest BCUT2D eigenvalue weighted by Gasteiger charge is -2.36. The molecule has 1 heterocycles. The molecule has 0 aliphatic carbocycles. The van der Waals surface area contributed by atoms with Crippen molar-refractivity contribution in [2.24, 2.45) is 4.99 Å². The Bertz CT molecular complexity index is 1090. The van der Waals surface area contributed by atoms with E-state index in [2.05, 4.69) is 36.4 Å². The summed E-state index contributed by atoms with van der Waals surface area (Å²) in [6, 6.07) is 10.4. The summed E-state index contributed by atoms with van der Waals surface area (Å²) in [6.45, 7) is 12.3. The molecule has 1 N–H and O–H groups in total. The Morgan fingerprint density at radius 2 is 1.79 bits per heavy atom. The van der Waals surface area contributed by atoms with Crippen molar-refractivity contribution in [1.29, 1.82) is 0 Å². The van der Waals surface area contributed by atoms with Crippen LogP contribution in [0.25, 0.3) is 5.70 Å². The topological polar surface area (TPSA) is 79.2 Å². The number of aliphatic imine (C=N–C) groups is 1. The number of ether oxygens (including phenoxy) is 1. The van der Waals surface area contributed by atoms with Gasteiger partial charge in [0.15, 0.2) is 0 Å². The van der Waals surface area contributed by atoms with Crippen LogP contribution in [0.5, 0.6) is 0 Å². The number of halogens is 1. The van der Waals surface area contributed by atoms with Crippen LogP contribution in [0, 0.1) is 12.7 Å². The maximum Gasteiger partial charge on any atom is 0.338 e. The summed E-state index contributed by atoms with van der Waals surface area (Å²) in [7, 11) is 1.52. The standard InChI is InChI=1S/C24H27FN2O3.C3H6O/c1-15-13-19(9-11-22(15)27-12-6-5-7-16(27)2)23(30-4)26-17(3)18-8-10-20(24(28)29)21(25)14-18;1-3(2)4/h8-11,13-14,16H,3,5-7,12H2,1-2,4H3,(H,28,29);1-2H3. The lowest BCUT2D eigenvalue weighted by Crippen LogP contribution is -2.37. The van der Waals surface area contributed by atoms with Crippen molar-refractivity contribution in [2.75, 3.05) is 18.6 Å². The normalized spacial score (nSPS) is 15.8. The number of anilines is 1.